The third-order valence-corrected chi connectivity index (χ3v) is 4.38. The molecule has 1 aliphatic rings. The number of likely N-dealkylation sites (N-methyl/N-ethyl adjacent to an activating group) is 1. The predicted octanol–water partition coefficient (Wildman–Crippen LogP) is 1.64. The molecule has 1 heterocycles. The summed E-state index contributed by atoms with van der Waals surface area (Å²) in [5.41, 5.74) is 8.50. The number of benzene rings is 1. The number of rotatable bonds is 7. The molecule has 1 aliphatic heterocycles. The quantitative estimate of drug-likeness (QED) is 0.593. The number of guanidine groups is 1. The fraction of sp³-hybridized carbons (Fsp3) is 0.611. The second kappa shape index (κ2) is 8.89. The summed E-state index contributed by atoms with van der Waals surface area (Å²) < 4.78 is 0. The molecule has 2 rings (SSSR count). The van der Waals surface area contributed by atoms with E-state index < -0.39 is 0 Å². The summed E-state index contributed by atoms with van der Waals surface area (Å²) in [6, 6.07) is 9.17. The molecule has 0 bridgehead atoms. The van der Waals surface area contributed by atoms with Crippen LogP contribution in [0.25, 0.3) is 0 Å². The van der Waals surface area contributed by atoms with Gasteiger partial charge in [0.25, 0.3) is 0 Å². The van der Waals surface area contributed by atoms with Gasteiger partial charge in [-0.2, -0.15) is 0 Å². The van der Waals surface area contributed by atoms with E-state index in [9.17, 15) is 0 Å². The van der Waals surface area contributed by atoms with Crippen molar-refractivity contribution in [3.8, 4) is 0 Å². The van der Waals surface area contributed by atoms with E-state index in [4.69, 9.17) is 5.73 Å². The molecule has 0 saturated carbocycles. The molecule has 23 heavy (non-hydrogen) atoms. The first kappa shape index (κ1) is 17.8. The molecule has 1 unspecified atom stereocenters. The van der Waals surface area contributed by atoms with Gasteiger partial charge in [0.2, 0.25) is 0 Å². The minimum atomic E-state index is 0.547. The highest BCUT2D eigenvalue weighted by Gasteiger charge is 2.22. The standard InChI is InChI=1S/C18H31N5/c1-4-23-11-5-6-17(23)13-21-18(19)20-12-15-7-9-16(10-8-15)14-22(2)3/h7-10,17H,4-6,11-14H2,1-3H3,(H3,19,20,21). The van der Waals surface area contributed by atoms with Gasteiger partial charge in [-0.15, -0.1) is 0 Å². The molecule has 5 nitrogen and oxygen atoms in total. The molecule has 0 aliphatic carbocycles. The maximum Gasteiger partial charge on any atom is 0.188 e. The molecule has 0 aromatic heterocycles. The number of hydrogen-bond donors (Lipinski definition) is 2. The van der Waals surface area contributed by atoms with Gasteiger partial charge in [0, 0.05) is 19.1 Å². The fourth-order valence-corrected chi connectivity index (χ4v) is 3.11. The Morgan fingerprint density at radius 1 is 1.30 bits per heavy atom. The number of likely N-dealkylation sites (tertiary alicyclic amines) is 1. The van der Waals surface area contributed by atoms with Crippen LogP contribution in [0.4, 0.5) is 0 Å². The van der Waals surface area contributed by atoms with Gasteiger partial charge in [-0.05, 0) is 51.2 Å². The summed E-state index contributed by atoms with van der Waals surface area (Å²) in [7, 11) is 4.16. The summed E-state index contributed by atoms with van der Waals surface area (Å²) in [5, 5.41) is 3.28. The average Bonchev–Trinajstić information content (AvgIpc) is 2.99. The van der Waals surface area contributed by atoms with E-state index in [2.05, 4.69) is 65.4 Å². The number of nitrogens with two attached hydrogens (primary N) is 1. The van der Waals surface area contributed by atoms with E-state index in [1.807, 2.05) is 0 Å². The van der Waals surface area contributed by atoms with Crippen molar-refractivity contribution in [3.05, 3.63) is 35.4 Å². The number of hydrogen-bond acceptors (Lipinski definition) is 3. The van der Waals surface area contributed by atoms with Gasteiger partial charge in [0.1, 0.15) is 0 Å². The van der Waals surface area contributed by atoms with Gasteiger partial charge in [-0.3, -0.25) is 4.90 Å². The van der Waals surface area contributed by atoms with Crippen molar-refractivity contribution in [3.63, 3.8) is 0 Å². The first-order valence-corrected chi connectivity index (χ1v) is 8.59. The first-order chi connectivity index (χ1) is 11.1. The van der Waals surface area contributed by atoms with Crippen LogP contribution in [-0.4, -0.2) is 55.5 Å². The first-order valence-electron chi connectivity index (χ1n) is 8.59. The molecule has 3 N–H and O–H groups in total. The van der Waals surface area contributed by atoms with Crippen molar-refractivity contribution in [2.24, 2.45) is 10.7 Å². The summed E-state index contributed by atoms with van der Waals surface area (Å²) >= 11 is 0. The molecular weight excluding hydrogens is 286 g/mol. The van der Waals surface area contributed by atoms with Crippen LogP contribution >= 0.6 is 0 Å². The maximum atomic E-state index is 6.00. The summed E-state index contributed by atoms with van der Waals surface area (Å²) in [5.74, 6) is 0.547. The highest BCUT2D eigenvalue weighted by Crippen LogP contribution is 2.15. The number of nitrogens with one attached hydrogen (secondary N) is 1. The third kappa shape index (κ3) is 5.84. The van der Waals surface area contributed by atoms with E-state index in [0.717, 1.165) is 19.6 Å². The molecule has 0 radical (unpaired) electrons. The Labute approximate surface area is 140 Å². The van der Waals surface area contributed by atoms with Crippen LogP contribution in [0.15, 0.2) is 29.3 Å². The molecule has 128 valence electrons. The lowest BCUT2D eigenvalue weighted by Gasteiger charge is -2.23. The molecule has 1 aromatic rings. The number of nitrogens with zero attached hydrogens (tertiary/aromatic N) is 3. The molecule has 0 spiro atoms. The highest BCUT2D eigenvalue weighted by molar-refractivity contribution is 5.77. The van der Waals surface area contributed by atoms with Crippen molar-refractivity contribution >= 4 is 5.96 Å². The molecule has 1 atom stereocenters. The highest BCUT2D eigenvalue weighted by atomic mass is 15.2. The lowest BCUT2D eigenvalue weighted by molar-refractivity contribution is 0.267. The largest absolute Gasteiger partial charge is 0.370 e. The summed E-state index contributed by atoms with van der Waals surface area (Å²) in [6.07, 6.45) is 2.54. The Balaban J connectivity index is 1.77. The SMILES string of the molecule is CCN1CCCC1CNC(N)=NCc1ccc(CN(C)C)cc1. The Morgan fingerprint density at radius 2 is 2.00 bits per heavy atom. The molecule has 1 aromatic carbocycles. The average molecular weight is 317 g/mol. The van der Waals surface area contributed by atoms with Crippen LogP contribution in [0.3, 0.4) is 0 Å². The van der Waals surface area contributed by atoms with Crippen LogP contribution in [0, 0.1) is 0 Å². The summed E-state index contributed by atoms with van der Waals surface area (Å²) in [4.78, 5) is 9.12. The van der Waals surface area contributed by atoms with Crippen LogP contribution in [0.5, 0.6) is 0 Å². The van der Waals surface area contributed by atoms with Crippen LogP contribution in [-0.2, 0) is 13.1 Å². The van der Waals surface area contributed by atoms with E-state index in [1.54, 1.807) is 0 Å². The Morgan fingerprint density at radius 3 is 2.65 bits per heavy atom. The Kier molecular flexibility index (Phi) is 6.86. The number of aliphatic imine (C=N–C) groups is 1. The minimum absolute atomic E-state index is 0.547. The lowest BCUT2D eigenvalue weighted by atomic mass is 10.1. The predicted molar refractivity (Wildman–Crippen MR) is 97.4 cm³/mol. The van der Waals surface area contributed by atoms with E-state index in [1.165, 1.54) is 30.5 Å². The van der Waals surface area contributed by atoms with Crippen LogP contribution in [0.1, 0.15) is 30.9 Å². The minimum Gasteiger partial charge on any atom is -0.370 e. The summed E-state index contributed by atoms with van der Waals surface area (Å²) in [6.45, 7) is 7.02. The molecular formula is C18H31N5. The van der Waals surface area contributed by atoms with Gasteiger partial charge >= 0.3 is 0 Å². The van der Waals surface area contributed by atoms with E-state index in [-0.39, 0.29) is 0 Å². The zero-order valence-electron chi connectivity index (χ0n) is 14.8. The molecule has 1 fully saturated rings. The molecule has 0 amide bonds. The van der Waals surface area contributed by atoms with Crippen molar-refractivity contribution < 1.29 is 0 Å². The van der Waals surface area contributed by atoms with Crippen LogP contribution < -0.4 is 11.1 Å². The normalized spacial score (nSPS) is 19.5. The van der Waals surface area contributed by atoms with Gasteiger partial charge in [-0.25, -0.2) is 4.99 Å². The van der Waals surface area contributed by atoms with Crippen molar-refractivity contribution in [1.29, 1.82) is 0 Å². The molecule has 5 heteroatoms. The van der Waals surface area contributed by atoms with Gasteiger partial charge in [-0.1, -0.05) is 31.2 Å². The van der Waals surface area contributed by atoms with E-state index in [0.29, 0.717) is 18.5 Å². The fourth-order valence-electron chi connectivity index (χ4n) is 3.11. The molecule has 1 saturated heterocycles. The topological polar surface area (TPSA) is 56.9 Å². The van der Waals surface area contributed by atoms with Gasteiger partial charge in [0.15, 0.2) is 5.96 Å². The van der Waals surface area contributed by atoms with Crippen molar-refractivity contribution in [2.75, 3.05) is 33.7 Å². The zero-order valence-corrected chi connectivity index (χ0v) is 14.8. The maximum absolute atomic E-state index is 6.00. The third-order valence-electron chi connectivity index (χ3n) is 4.38. The van der Waals surface area contributed by atoms with Crippen LogP contribution in [0.2, 0.25) is 0 Å². The van der Waals surface area contributed by atoms with Gasteiger partial charge < -0.3 is 16.0 Å². The second-order valence-corrected chi connectivity index (χ2v) is 6.56. The monoisotopic (exact) mass is 317 g/mol. The van der Waals surface area contributed by atoms with Gasteiger partial charge in [0.05, 0.1) is 6.54 Å². The van der Waals surface area contributed by atoms with Crippen molar-refractivity contribution in [1.82, 2.24) is 15.1 Å². The van der Waals surface area contributed by atoms with E-state index >= 15 is 0 Å². The smallest absolute Gasteiger partial charge is 0.188 e. The Bertz CT molecular complexity index is 495. The Hall–Kier alpha value is -1.59. The zero-order chi connectivity index (χ0) is 16.7. The lowest BCUT2D eigenvalue weighted by Crippen LogP contribution is -2.42. The second-order valence-electron chi connectivity index (χ2n) is 6.56. The van der Waals surface area contributed by atoms with Crippen molar-refractivity contribution in [2.45, 2.75) is 38.9 Å².